The van der Waals surface area contributed by atoms with Crippen molar-refractivity contribution < 1.29 is 9.59 Å². The molecule has 122 valence electrons. The molecule has 0 saturated heterocycles. The van der Waals surface area contributed by atoms with E-state index in [1.54, 1.807) is 12.2 Å². The highest BCUT2D eigenvalue weighted by Crippen LogP contribution is 2.11. The number of ketones is 2. The fourth-order valence-corrected chi connectivity index (χ4v) is 2.31. The first-order chi connectivity index (χ1) is 11.4. The second-order valence-electron chi connectivity index (χ2n) is 6.03. The first-order valence-electron chi connectivity index (χ1n) is 8.00. The predicted molar refractivity (Wildman–Crippen MR) is 99.8 cm³/mol. The normalized spacial score (nSPS) is 11.3. The van der Waals surface area contributed by atoms with Crippen LogP contribution in [0.25, 0.3) is 12.2 Å². The van der Waals surface area contributed by atoms with Crippen LogP contribution in [0.1, 0.15) is 34.2 Å². The number of hydrogen-bond donors (Lipinski definition) is 0. The average Bonchev–Trinajstić information content (AvgIpc) is 2.54. The van der Waals surface area contributed by atoms with Gasteiger partial charge in [-0.15, -0.1) is 0 Å². The van der Waals surface area contributed by atoms with E-state index in [-0.39, 0.29) is 18.0 Å². The third-order valence-electron chi connectivity index (χ3n) is 3.84. The molecule has 0 aliphatic rings. The van der Waals surface area contributed by atoms with E-state index in [1.165, 1.54) is 23.3 Å². The Bertz CT molecular complexity index is 810. The SMILES string of the molecule is Cc1cccc(/C=C/C(=O)CC(=O)/C=C/c2ccc(C)c(C)c2)c1. The Balaban J connectivity index is 1.92. The van der Waals surface area contributed by atoms with E-state index >= 15 is 0 Å². The summed E-state index contributed by atoms with van der Waals surface area (Å²) in [6.07, 6.45) is 6.34. The number of allylic oxidation sites excluding steroid dienone is 2. The molecule has 0 radical (unpaired) electrons. The van der Waals surface area contributed by atoms with Crippen LogP contribution < -0.4 is 0 Å². The quantitative estimate of drug-likeness (QED) is 0.562. The zero-order valence-corrected chi connectivity index (χ0v) is 14.4. The smallest absolute Gasteiger partial charge is 0.163 e. The summed E-state index contributed by atoms with van der Waals surface area (Å²) in [5, 5.41) is 0. The van der Waals surface area contributed by atoms with Gasteiger partial charge in [0.2, 0.25) is 0 Å². The second kappa shape index (κ2) is 8.21. The maximum Gasteiger partial charge on any atom is 0.163 e. The van der Waals surface area contributed by atoms with E-state index in [4.69, 9.17) is 0 Å². The average molecular weight is 318 g/mol. The molecule has 0 atom stereocenters. The number of carbonyl (C=O) groups is 2. The Morgan fingerprint density at radius 3 is 2.00 bits per heavy atom. The van der Waals surface area contributed by atoms with Crippen molar-refractivity contribution >= 4 is 23.7 Å². The topological polar surface area (TPSA) is 34.1 Å². The van der Waals surface area contributed by atoms with Crippen LogP contribution in [-0.2, 0) is 9.59 Å². The van der Waals surface area contributed by atoms with Gasteiger partial charge in [0.25, 0.3) is 0 Å². The highest BCUT2D eigenvalue weighted by atomic mass is 16.1. The first kappa shape index (κ1) is 17.6. The lowest BCUT2D eigenvalue weighted by Crippen LogP contribution is -2.01. The van der Waals surface area contributed by atoms with E-state index < -0.39 is 0 Å². The Hall–Kier alpha value is -2.74. The minimum absolute atomic E-state index is 0.107. The lowest BCUT2D eigenvalue weighted by atomic mass is 10.1. The van der Waals surface area contributed by atoms with Gasteiger partial charge in [-0.25, -0.2) is 0 Å². The summed E-state index contributed by atoms with van der Waals surface area (Å²) in [4.78, 5) is 23.8. The fraction of sp³-hybridized carbons (Fsp3) is 0.182. The van der Waals surface area contributed by atoms with Crippen molar-refractivity contribution in [1.82, 2.24) is 0 Å². The van der Waals surface area contributed by atoms with Gasteiger partial charge in [0, 0.05) is 0 Å². The Kier molecular flexibility index (Phi) is 6.02. The molecular formula is C22H22O2. The summed E-state index contributed by atoms with van der Waals surface area (Å²) in [7, 11) is 0. The molecule has 0 spiro atoms. The largest absolute Gasteiger partial charge is 0.294 e. The highest BCUT2D eigenvalue weighted by Gasteiger charge is 2.03. The van der Waals surface area contributed by atoms with Crippen molar-refractivity contribution in [3.05, 3.63) is 82.4 Å². The van der Waals surface area contributed by atoms with Crippen LogP contribution in [0, 0.1) is 20.8 Å². The zero-order chi connectivity index (χ0) is 17.5. The molecule has 2 rings (SSSR count). The fourth-order valence-electron chi connectivity index (χ4n) is 2.31. The number of hydrogen-bond acceptors (Lipinski definition) is 2. The van der Waals surface area contributed by atoms with Gasteiger partial charge in [0.05, 0.1) is 6.42 Å². The Morgan fingerprint density at radius 2 is 1.42 bits per heavy atom. The Morgan fingerprint density at radius 1 is 0.792 bits per heavy atom. The van der Waals surface area contributed by atoms with Crippen molar-refractivity contribution in [2.45, 2.75) is 27.2 Å². The second-order valence-corrected chi connectivity index (χ2v) is 6.03. The predicted octanol–water partition coefficient (Wildman–Crippen LogP) is 4.87. The molecule has 0 heterocycles. The maximum absolute atomic E-state index is 11.9. The van der Waals surface area contributed by atoms with Gasteiger partial charge in [-0.05, 0) is 55.2 Å². The van der Waals surface area contributed by atoms with Crippen LogP contribution in [-0.4, -0.2) is 11.6 Å². The summed E-state index contributed by atoms with van der Waals surface area (Å²) in [5.41, 5.74) is 5.46. The van der Waals surface area contributed by atoms with Crippen LogP contribution in [0.15, 0.2) is 54.6 Å². The lowest BCUT2D eigenvalue weighted by molar-refractivity contribution is -0.121. The van der Waals surface area contributed by atoms with E-state index in [1.807, 2.05) is 63.2 Å². The molecule has 0 N–H and O–H groups in total. The van der Waals surface area contributed by atoms with Gasteiger partial charge in [0.1, 0.15) is 0 Å². The molecule has 0 bridgehead atoms. The molecule has 0 aliphatic heterocycles. The molecule has 0 aliphatic carbocycles. The van der Waals surface area contributed by atoms with Gasteiger partial charge in [-0.3, -0.25) is 9.59 Å². The van der Waals surface area contributed by atoms with Crippen molar-refractivity contribution in [3.8, 4) is 0 Å². The maximum atomic E-state index is 11.9. The van der Waals surface area contributed by atoms with E-state index in [0.29, 0.717) is 0 Å². The molecule has 0 amide bonds. The van der Waals surface area contributed by atoms with E-state index in [9.17, 15) is 9.59 Å². The Labute approximate surface area is 143 Å². The van der Waals surface area contributed by atoms with Crippen LogP contribution in [0.3, 0.4) is 0 Å². The van der Waals surface area contributed by atoms with Crippen LogP contribution in [0.2, 0.25) is 0 Å². The molecule has 0 fully saturated rings. The van der Waals surface area contributed by atoms with Gasteiger partial charge >= 0.3 is 0 Å². The molecule has 2 nitrogen and oxygen atoms in total. The van der Waals surface area contributed by atoms with Crippen LogP contribution in [0.4, 0.5) is 0 Å². The van der Waals surface area contributed by atoms with Gasteiger partial charge in [-0.2, -0.15) is 0 Å². The zero-order valence-electron chi connectivity index (χ0n) is 14.4. The highest BCUT2D eigenvalue weighted by molar-refractivity contribution is 6.10. The molecule has 2 aromatic rings. The minimum Gasteiger partial charge on any atom is -0.294 e. The van der Waals surface area contributed by atoms with Gasteiger partial charge < -0.3 is 0 Å². The van der Waals surface area contributed by atoms with Crippen molar-refractivity contribution in [1.29, 1.82) is 0 Å². The number of aryl methyl sites for hydroxylation is 3. The third-order valence-corrected chi connectivity index (χ3v) is 3.84. The minimum atomic E-state index is -0.189. The summed E-state index contributed by atoms with van der Waals surface area (Å²) < 4.78 is 0. The lowest BCUT2D eigenvalue weighted by Gasteiger charge is -2.00. The van der Waals surface area contributed by atoms with E-state index in [0.717, 1.165) is 16.7 Å². The molecule has 24 heavy (non-hydrogen) atoms. The summed E-state index contributed by atoms with van der Waals surface area (Å²) in [6.45, 7) is 6.08. The van der Waals surface area contributed by atoms with E-state index in [2.05, 4.69) is 0 Å². The molecule has 2 heteroatoms. The van der Waals surface area contributed by atoms with Crippen molar-refractivity contribution in [3.63, 3.8) is 0 Å². The standard InChI is InChI=1S/C22H22O2/c1-16-5-4-6-19(13-16)9-11-21(23)15-22(24)12-10-20-8-7-17(2)18(3)14-20/h4-14H,15H2,1-3H3/b11-9+,12-10+. The summed E-state index contributed by atoms with van der Waals surface area (Å²) >= 11 is 0. The number of carbonyl (C=O) groups excluding carboxylic acids is 2. The third kappa shape index (κ3) is 5.47. The van der Waals surface area contributed by atoms with Gasteiger partial charge in [0.15, 0.2) is 11.6 Å². The van der Waals surface area contributed by atoms with Gasteiger partial charge in [-0.1, -0.05) is 60.2 Å². The summed E-state index contributed by atoms with van der Waals surface area (Å²) in [5.74, 6) is -0.377. The van der Waals surface area contributed by atoms with Crippen molar-refractivity contribution in [2.75, 3.05) is 0 Å². The van der Waals surface area contributed by atoms with Crippen molar-refractivity contribution in [2.24, 2.45) is 0 Å². The molecule has 0 aromatic heterocycles. The monoisotopic (exact) mass is 318 g/mol. The first-order valence-corrected chi connectivity index (χ1v) is 8.00. The number of rotatable bonds is 6. The van der Waals surface area contributed by atoms with Crippen LogP contribution in [0.5, 0.6) is 0 Å². The molecule has 0 unspecified atom stereocenters. The number of benzene rings is 2. The molecular weight excluding hydrogens is 296 g/mol. The molecule has 2 aromatic carbocycles. The van der Waals surface area contributed by atoms with Crippen LogP contribution >= 0.6 is 0 Å². The molecule has 0 saturated carbocycles. The summed E-state index contributed by atoms with van der Waals surface area (Å²) in [6, 6.07) is 13.9.